The molecule has 4 aromatic carbocycles. The molecule has 45 heavy (non-hydrogen) atoms. The molecule has 7 heteroatoms. The Kier molecular flexibility index (Phi) is 6.61. The standard InChI is InChI=1S/C38H25F2N3O.Pt/c39-32-20-33(40)35(21-34(32)43-22-29-23-15-16-24(18-23)37(29)42-43)44-26-9-7-8-25(19-26)38(36-14-5-6-17-41-36)30-12-3-1-10-27(30)28-11-2-4-13-31(28)38;/h1-14,17,20,22-24H,15-16,18H2;/q-2;+2/t23-,24+;/m0./s1. The van der Waals surface area contributed by atoms with Gasteiger partial charge in [0.15, 0.2) is 0 Å². The van der Waals surface area contributed by atoms with Gasteiger partial charge in [-0.05, 0) is 70.8 Å². The van der Waals surface area contributed by atoms with Crippen LogP contribution >= 0.6 is 0 Å². The summed E-state index contributed by atoms with van der Waals surface area (Å²) in [5.41, 5.74) is 7.49. The maximum Gasteiger partial charge on any atom is 2.00 e. The SMILES string of the molecule is Fc1cc(F)c(-n2cc3c(n2)[C@@H]2CC[C@H]3C2)[c-]c1Oc1[c-]c(C2(c3ccccn3)c3ccccc3-c3ccccc32)ccc1.[Pt+2]. The van der Waals surface area contributed by atoms with Crippen molar-refractivity contribution >= 4 is 0 Å². The molecule has 9 rings (SSSR count). The molecular formula is C38H25F2N3OPt. The average molecular weight is 773 g/mol. The van der Waals surface area contributed by atoms with Crippen molar-refractivity contribution in [3.8, 4) is 28.3 Å². The first-order chi connectivity index (χ1) is 21.6. The number of nitrogens with zero attached hydrogens (tertiary/aromatic N) is 3. The summed E-state index contributed by atoms with van der Waals surface area (Å²) in [7, 11) is 0. The van der Waals surface area contributed by atoms with E-state index in [1.807, 2.05) is 60.8 Å². The number of pyridine rings is 1. The number of rotatable bonds is 5. The Morgan fingerprint density at radius 1 is 0.800 bits per heavy atom. The van der Waals surface area contributed by atoms with Gasteiger partial charge in [-0.25, -0.2) is 0 Å². The normalized spacial score (nSPS) is 18.2. The van der Waals surface area contributed by atoms with Crippen LogP contribution in [-0.4, -0.2) is 14.8 Å². The van der Waals surface area contributed by atoms with Crippen LogP contribution in [0.15, 0.2) is 103 Å². The number of ether oxygens (including phenoxy) is 1. The van der Waals surface area contributed by atoms with E-state index in [1.165, 1.54) is 10.2 Å². The van der Waals surface area contributed by atoms with E-state index in [4.69, 9.17) is 9.72 Å². The molecule has 0 unspecified atom stereocenters. The molecule has 222 valence electrons. The van der Waals surface area contributed by atoms with Crippen LogP contribution in [-0.2, 0) is 26.5 Å². The minimum atomic E-state index is -0.846. The smallest absolute Gasteiger partial charge is 0.506 e. The fourth-order valence-electron chi connectivity index (χ4n) is 7.73. The van der Waals surface area contributed by atoms with Crippen LogP contribution in [0.5, 0.6) is 11.5 Å². The van der Waals surface area contributed by atoms with Gasteiger partial charge in [0.2, 0.25) is 0 Å². The van der Waals surface area contributed by atoms with E-state index in [2.05, 4.69) is 41.5 Å². The quantitative estimate of drug-likeness (QED) is 0.165. The largest absolute Gasteiger partial charge is 2.00 e. The molecule has 0 amide bonds. The first-order valence-electron chi connectivity index (χ1n) is 14.9. The van der Waals surface area contributed by atoms with E-state index in [1.54, 1.807) is 12.3 Å². The summed E-state index contributed by atoms with van der Waals surface area (Å²) in [5.74, 6) is -0.626. The van der Waals surface area contributed by atoms with Crippen molar-refractivity contribution < 1.29 is 34.6 Å². The number of halogens is 2. The van der Waals surface area contributed by atoms with Crippen LogP contribution in [0, 0.1) is 23.8 Å². The number of fused-ring (bicyclic) bond motifs is 8. The predicted octanol–water partition coefficient (Wildman–Crippen LogP) is 8.66. The number of aromatic nitrogens is 3. The zero-order valence-electron chi connectivity index (χ0n) is 23.9. The fourth-order valence-corrected chi connectivity index (χ4v) is 7.73. The Morgan fingerprint density at radius 3 is 2.27 bits per heavy atom. The maximum absolute atomic E-state index is 15.2. The minimum Gasteiger partial charge on any atom is -0.506 e. The first kappa shape index (κ1) is 28.1. The molecule has 3 aliphatic carbocycles. The third-order valence-electron chi connectivity index (χ3n) is 9.58. The number of benzene rings is 4. The molecule has 2 bridgehead atoms. The van der Waals surface area contributed by atoms with E-state index in [-0.39, 0.29) is 38.3 Å². The molecule has 0 spiro atoms. The van der Waals surface area contributed by atoms with Crippen molar-refractivity contribution in [3.05, 3.63) is 161 Å². The van der Waals surface area contributed by atoms with Crippen LogP contribution in [0.25, 0.3) is 16.8 Å². The van der Waals surface area contributed by atoms with Crippen LogP contribution in [0.4, 0.5) is 8.78 Å². The van der Waals surface area contributed by atoms with Crippen LogP contribution < -0.4 is 4.74 Å². The molecule has 1 saturated carbocycles. The zero-order chi connectivity index (χ0) is 29.4. The van der Waals surface area contributed by atoms with E-state index >= 15 is 8.78 Å². The molecule has 0 aliphatic heterocycles. The molecule has 2 heterocycles. The number of hydrogen-bond acceptors (Lipinski definition) is 3. The van der Waals surface area contributed by atoms with Crippen LogP contribution in [0.2, 0.25) is 0 Å². The summed E-state index contributed by atoms with van der Waals surface area (Å²) < 4.78 is 37.9. The zero-order valence-corrected chi connectivity index (χ0v) is 26.2. The Hall–Kier alpha value is -4.41. The van der Waals surface area contributed by atoms with Gasteiger partial charge < -0.3 is 4.74 Å². The third-order valence-corrected chi connectivity index (χ3v) is 9.58. The van der Waals surface area contributed by atoms with Crippen molar-refractivity contribution in [3.63, 3.8) is 0 Å². The second-order valence-corrected chi connectivity index (χ2v) is 11.9. The molecule has 0 N–H and O–H groups in total. The van der Waals surface area contributed by atoms with Gasteiger partial charge in [-0.15, -0.1) is 23.8 Å². The fraction of sp³-hybridized carbons (Fsp3) is 0.158. The van der Waals surface area contributed by atoms with Crippen molar-refractivity contribution in [2.24, 2.45) is 0 Å². The summed E-state index contributed by atoms with van der Waals surface area (Å²) in [6.45, 7) is 0. The molecule has 2 aromatic heterocycles. The summed E-state index contributed by atoms with van der Waals surface area (Å²) in [6, 6.07) is 35.2. The summed E-state index contributed by atoms with van der Waals surface area (Å²) in [6.07, 6.45) is 7.02. The van der Waals surface area contributed by atoms with E-state index in [0.717, 1.165) is 64.5 Å². The van der Waals surface area contributed by atoms with Gasteiger partial charge in [0, 0.05) is 35.6 Å². The van der Waals surface area contributed by atoms with Crippen molar-refractivity contribution in [1.29, 1.82) is 0 Å². The van der Waals surface area contributed by atoms with Gasteiger partial charge in [-0.3, -0.25) is 18.4 Å². The minimum absolute atomic E-state index is 0. The molecular weight excluding hydrogens is 748 g/mol. The summed E-state index contributed by atoms with van der Waals surface area (Å²) in [5, 5.41) is 4.69. The van der Waals surface area contributed by atoms with Crippen molar-refractivity contribution in [2.45, 2.75) is 36.5 Å². The van der Waals surface area contributed by atoms with Gasteiger partial charge >= 0.3 is 21.1 Å². The Bertz CT molecular complexity index is 2020. The molecule has 6 aromatic rings. The van der Waals surface area contributed by atoms with Gasteiger partial charge in [0.25, 0.3) is 0 Å². The average Bonchev–Trinajstić information content (AvgIpc) is 3.84. The monoisotopic (exact) mass is 772 g/mol. The molecule has 0 radical (unpaired) electrons. The van der Waals surface area contributed by atoms with E-state index < -0.39 is 17.0 Å². The topological polar surface area (TPSA) is 39.9 Å². The predicted molar refractivity (Wildman–Crippen MR) is 162 cm³/mol. The van der Waals surface area contributed by atoms with Crippen molar-refractivity contribution in [2.75, 3.05) is 0 Å². The summed E-state index contributed by atoms with van der Waals surface area (Å²) >= 11 is 0. The Balaban J connectivity index is 0.00000300. The van der Waals surface area contributed by atoms with Crippen molar-refractivity contribution in [1.82, 2.24) is 14.8 Å². The molecule has 1 fully saturated rings. The molecule has 4 nitrogen and oxygen atoms in total. The van der Waals surface area contributed by atoms with Gasteiger partial charge in [0.1, 0.15) is 0 Å². The Labute approximate surface area is 274 Å². The summed E-state index contributed by atoms with van der Waals surface area (Å²) in [4.78, 5) is 4.85. The molecule has 3 aliphatic rings. The van der Waals surface area contributed by atoms with Gasteiger partial charge in [0.05, 0.1) is 22.6 Å². The van der Waals surface area contributed by atoms with Gasteiger partial charge in [-0.1, -0.05) is 60.7 Å². The van der Waals surface area contributed by atoms with E-state index in [9.17, 15) is 0 Å². The van der Waals surface area contributed by atoms with E-state index in [0.29, 0.717) is 11.8 Å². The maximum atomic E-state index is 15.2. The molecule has 0 saturated heterocycles. The molecule has 2 atom stereocenters. The second kappa shape index (κ2) is 10.6. The Morgan fingerprint density at radius 2 is 1.53 bits per heavy atom. The van der Waals surface area contributed by atoms with Crippen LogP contribution in [0.3, 0.4) is 0 Å². The second-order valence-electron chi connectivity index (χ2n) is 11.9. The van der Waals surface area contributed by atoms with Gasteiger partial charge in [-0.2, -0.15) is 17.2 Å². The first-order valence-corrected chi connectivity index (χ1v) is 14.9. The number of hydrogen-bond donors (Lipinski definition) is 0. The third kappa shape index (κ3) is 4.11. The van der Waals surface area contributed by atoms with Crippen LogP contribution in [0.1, 0.15) is 64.7 Å².